The summed E-state index contributed by atoms with van der Waals surface area (Å²) in [6.07, 6.45) is 0. The van der Waals surface area contributed by atoms with Crippen LogP contribution in [0.25, 0.3) is 0 Å². The molecule has 0 aromatic heterocycles. The second kappa shape index (κ2) is 2.03. The van der Waals surface area contributed by atoms with Gasteiger partial charge in [0.15, 0.2) is 0 Å². The Bertz CT molecular complexity index is 57.2. The molecule has 1 atom stereocenters. The van der Waals surface area contributed by atoms with Crippen molar-refractivity contribution in [2.24, 2.45) is 5.14 Å². The second-order valence-corrected chi connectivity index (χ2v) is 3.76. The molecule has 0 heterocycles. The third-order valence-corrected chi connectivity index (χ3v) is 1.63. The lowest BCUT2D eigenvalue weighted by atomic mass is 10.3. The van der Waals surface area contributed by atoms with Crippen molar-refractivity contribution in [3.8, 4) is 0 Å². The summed E-state index contributed by atoms with van der Waals surface area (Å²) < 4.78 is 9.79. The van der Waals surface area contributed by atoms with Crippen molar-refractivity contribution >= 4 is 11.4 Å². The number of rotatable bonds is 1. The highest BCUT2D eigenvalue weighted by Crippen LogP contribution is 2.08. The maximum Gasteiger partial charge on any atom is 0.139 e. The maximum absolute atomic E-state index is 10.3. The molecule has 7 heavy (non-hydrogen) atoms. The maximum atomic E-state index is 10.3. The molecule has 0 amide bonds. The first kappa shape index (κ1) is 7.27. The molecule has 0 aliphatic rings. The normalized spacial score (nSPS) is 16.7. The van der Waals surface area contributed by atoms with Gasteiger partial charge in [-0.3, -0.25) is 0 Å². The quantitative estimate of drug-likeness (QED) is 0.503. The van der Waals surface area contributed by atoms with Gasteiger partial charge in [-0.2, -0.15) is 5.14 Å². The monoisotopic (exact) mass is 120 g/mol. The highest BCUT2D eigenvalue weighted by molar-refractivity contribution is 7.90. The Hall–Kier alpha value is 0.270. The van der Waals surface area contributed by atoms with Crippen LogP contribution in [0.2, 0.25) is 0 Å². The van der Waals surface area contributed by atoms with Crippen molar-refractivity contribution in [2.45, 2.75) is 18.6 Å². The van der Waals surface area contributed by atoms with E-state index < -0.39 is 16.1 Å². The highest BCUT2D eigenvalue weighted by Gasteiger charge is 2.21. The van der Waals surface area contributed by atoms with Crippen LogP contribution in [0.3, 0.4) is 0 Å². The molecule has 3 heteroatoms. The van der Waals surface area contributed by atoms with Crippen LogP contribution < -0.4 is 5.14 Å². The van der Waals surface area contributed by atoms with Gasteiger partial charge in [0.05, 0.1) is 0 Å². The van der Waals surface area contributed by atoms with Gasteiger partial charge >= 0.3 is 0 Å². The van der Waals surface area contributed by atoms with E-state index in [-0.39, 0.29) is 0 Å². The SMILES string of the molecule is [CH2]C(C)(C)[S@+](N)[O-]. The van der Waals surface area contributed by atoms with E-state index in [2.05, 4.69) is 6.92 Å². The molecule has 2 nitrogen and oxygen atoms in total. The van der Waals surface area contributed by atoms with E-state index in [1.165, 1.54) is 0 Å². The summed E-state index contributed by atoms with van der Waals surface area (Å²) >= 11 is -1.29. The molecule has 0 bridgehead atoms. The van der Waals surface area contributed by atoms with Crippen molar-refractivity contribution in [1.82, 2.24) is 0 Å². The Balaban J connectivity index is 3.54. The molecule has 0 saturated carbocycles. The number of hydrogen-bond acceptors (Lipinski definition) is 2. The predicted molar refractivity (Wildman–Crippen MR) is 31.8 cm³/mol. The van der Waals surface area contributed by atoms with Gasteiger partial charge in [-0.05, 0) is 13.8 Å². The third kappa shape index (κ3) is 2.91. The summed E-state index contributed by atoms with van der Waals surface area (Å²) in [6.45, 7) is 7.00. The first-order valence-electron chi connectivity index (χ1n) is 1.96. The smallest absolute Gasteiger partial charge is 0.139 e. The summed E-state index contributed by atoms with van der Waals surface area (Å²) in [7, 11) is 0. The van der Waals surface area contributed by atoms with Crippen LogP contribution in [-0.4, -0.2) is 9.30 Å². The first-order valence-corrected chi connectivity index (χ1v) is 3.17. The average Bonchev–Trinajstić information content (AvgIpc) is 1.31. The molecule has 0 spiro atoms. The Labute approximate surface area is 47.4 Å². The molecule has 0 aliphatic heterocycles. The lowest BCUT2D eigenvalue weighted by Gasteiger charge is -2.17. The molecule has 2 N–H and O–H groups in total. The van der Waals surface area contributed by atoms with Gasteiger partial charge in [-0.1, -0.05) is 0 Å². The molecule has 0 rings (SSSR count). The summed E-state index contributed by atoms with van der Waals surface area (Å²) in [4.78, 5) is 0. The van der Waals surface area contributed by atoms with Crippen LogP contribution in [0.4, 0.5) is 0 Å². The lowest BCUT2D eigenvalue weighted by molar-refractivity contribution is 0.572. The van der Waals surface area contributed by atoms with Crippen LogP contribution >= 0.6 is 0 Å². The van der Waals surface area contributed by atoms with Gasteiger partial charge in [0.25, 0.3) is 0 Å². The Morgan fingerprint density at radius 3 is 1.86 bits per heavy atom. The zero-order chi connectivity index (χ0) is 6.08. The molecular formula is C4H10NOS. The fraction of sp³-hybridized carbons (Fsp3) is 0.750. The molecule has 1 radical (unpaired) electrons. The molecule has 0 saturated heterocycles. The molecular weight excluding hydrogens is 110 g/mol. The minimum absolute atomic E-state index is 0.500. The van der Waals surface area contributed by atoms with Crippen LogP contribution in [0, 0.1) is 6.92 Å². The van der Waals surface area contributed by atoms with E-state index in [1.807, 2.05) is 0 Å². The van der Waals surface area contributed by atoms with Gasteiger partial charge < -0.3 is 4.55 Å². The van der Waals surface area contributed by atoms with Gasteiger partial charge in [0.2, 0.25) is 0 Å². The third-order valence-electron chi connectivity index (χ3n) is 0.545. The minimum atomic E-state index is -1.29. The van der Waals surface area contributed by atoms with Crippen LogP contribution in [-0.2, 0) is 11.4 Å². The van der Waals surface area contributed by atoms with Gasteiger partial charge in [0.1, 0.15) is 4.75 Å². The lowest BCUT2D eigenvalue weighted by Crippen LogP contribution is -2.34. The number of nitrogens with two attached hydrogens (primary N) is 1. The van der Waals surface area contributed by atoms with Crippen molar-refractivity contribution in [3.63, 3.8) is 0 Å². The topological polar surface area (TPSA) is 49.1 Å². The molecule has 43 valence electrons. The zero-order valence-electron chi connectivity index (χ0n) is 4.60. The summed E-state index contributed by atoms with van der Waals surface area (Å²) in [5.41, 5.74) is 0. The fourth-order valence-electron chi connectivity index (χ4n) is 0. The Morgan fingerprint density at radius 2 is 1.86 bits per heavy atom. The molecule has 0 unspecified atom stereocenters. The standard InChI is InChI=1S/C4H10NOS/c1-4(2,3)7(5)6/h1,5H2,2-3H3/t7-/m1/s1. The van der Waals surface area contributed by atoms with E-state index in [1.54, 1.807) is 13.8 Å². The van der Waals surface area contributed by atoms with Crippen LogP contribution in [0.15, 0.2) is 0 Å². The van der Waals surface area contributed by atoms with Gasteiger partial charge in [0, 0.05) is 18.3 Å². The molecule has 0 aromatic rings. The second-order valence-electron chi connectivity index (χ2n) is 2.06. The first-order chi connectivity index (χ1) is 2.94. The van der Waals surface area contributed by atoms with Crippen molar-refractivity contribution in [2.75, 3.05) is 0 Å². The van der Waals surface area contributed by atoms with Crippen molar-refractivity contribution in [1.29, 1.82) is 0 Å². The van der Waals surface area contributed by atoms with E-state index in [9.17, 15) is 4.55 Å². The minimum Gasteiger partial charge on any atom is -0.598 e. The predicted octanol–water partition coefficient (Wildman–Crippen LogP) is 0.221. The Kier molecular flexibility index (Phi) is 2.10. The summed E-state index contributed by atoms with van der Waals surface area (Å²) in [6, 6.07) is 0. The van der Waals surface area contributed by atoms with E-state index in [0.717, 1.165) is 0 Å². The summed E-state index contributed by atoms with van der Waals surface area (Å²) in [5, 5.41) is 4.98. The molecule has 0 aromatic carbocycles. The average molecular weight is 120 g/mol. The molecule has 0 fully saturated rings. The van der Waals surface area contributed by atoms with Gasteiger partial charge in [-0.15, -0.1) is 0 Å². The number of hydrogen-bond donors (Lipinski definition) is 1. The van der Waals surface area contributed by atoms with E-state index in [0.29, 0.717) is 0 Å². The summed E-state index contributed by atoms with van der Waals surface area (Å²) in [5.74, 6) is 0. The van der Waals surface area contributed by atoms with E-state index in [4.69, 9.17) is 5.14 Å². The van der Waals surface area contributed by atoms with Crippen molar-refractivity contribution in [3.05, 3.63) is 6.92 Å². The van der Waals surface area contributed by atoms with Crippen LogP contribution in [0.5, 0.6) is 0 Å². The van der Waals surface area contributed by atoms with Gasteiger partial charge in [-0.25, -0.2) is 0 Å². The molecule has 0 aliphatic carbocycles. The largest absolute Gasteiger partial charge is 0.598 e. The highest BCUT2D eigenvalue weighted by atomic mass is 32.2. The van der Waals surface area contributed by atoms with Crippen molar-refractivity contribution < 1.29 is 4.55 Å². The van der Waals surface area contributed by atoms with E-state index >= 15 is 0 Å². The fourth-order valence-corrected chi connectivity index (χ4v) is 0. The van der Waals surface area contributed by atoms with Crippen LogP contribution in [0.1, 0.15) is 13.8 Å². The Morgan fingerprint density at radius 1 is 1.71 bits per heavy atom. The zero-order valence-corrected chi connectivity index (χ0v) is 5.42.